The van der Waals surface area contributed by atoms with E-state index in [1.54, 1.807) is 13.3 Å². The number of benzene rings is 2. The summed E-state index contributed by atoms with van der Waals surface area (Å²) in [5.41, 5.74) is 8.97. The molecule has 0 aliphatic carbocycles. The predicted molar refractivity (Wildman–Crippen MR) is 129 cm³/mol. The molecule has 0 aliphatic heterocycles. The first-order valence-corrected chi connectivity index (χ1v) is 11.3. The van der Waals surface area contributed by atoms with Crippen molar-refractivity contribution in [1.29, 1.82) is 0 Å². The molecule has 0 saturated heterocycles. The minimum atomic E-state index is -0.184. The van der Waals surface area contributed by atoms with Crippen LogP contribution in [-0.2, 0) is 16.0 Å². The fourth-order valence-electron chi connectivity index (χ4n) is 3.32. The van der Waals surface area contributed by atoms with Gasteiger partial charge in [-0.25, -0.2) is 9.97 Å². The molecule has 4 rings (SSSR count). The Labute approximate surface area is 194 Å². The molecule has 0 aliphatic rings. The average molecular weight is 468 g/mol. The molecule has 0 unspecified atom stereocenters. The van der Waals surface area contributed by atoms with Gasteiger partial charge < -0.3 is 24.9 Å². The zero-order valence-corrected chi connectivity index (χ0v) is 19.2. The number of imidazole rings is 1. The van der Waals surface area contributed by atoms with E-state index >= 15 is 0 Å². The number of amides is 1. The third-order valence-corrected chi connectivity index (χ3v) is 5.61. The molecule has 1 amide bonds. The molecular weight excluding hydrogens is 442 g/mol. The van der Waals surface area contributed by atoms with Crippen LogP contribution in [-0.4, -0.2) is 47.8 Å². The minimum Gasteiger partial charge on any atom is -0.494 e. The molecule has 4 aromatic rings. The number of carbonyl (C=O) groups is 1. The summed E-state index contributed by atoms with van der Waals surface area (Å²) >= 11 is 1.40. The number of methoxy groups -OCH3 is 1. The summed E-state index contributed by atoms with van der Waals surface area (Å²) in [5, 5.41) is 3.32. The molecule has 2 aromatic heterocycles. The van der Waals surface area contributed by atoms with Crippen molar-refractivity contribution in [2.45, 2.75) is 13.3 Å². The van der Waals surface area contributed by atoms with Crippen LogP contribution in [0.25, 0.3) is 21.5 Å². The number of anilines is 2. The molecule has 0 saturated carbocycles. The van der Waals surface area contributed by atoms with Crippen LogP contribution in [0.4, 0.5) is 11.1 Å². The van der Waals surface area contributed by atoms with E-state index in [2.05, 4.69) is 20.3 Å². The number of nitrogens with two attached hydrogens (primary N) is 1. The molecule has 172 valence electrons. The number of nitrogens with zero attached hydrogens (tertiary/aromatic N) is 2. The lowest BCUT2D eigenvalue weighted by Gasteiger charge is -2.12. The van der Waals surface area contributed by atoms with E-state index in [4.69, 9.17) is 19.9 Å². The summed E-state index contributed by atoms with van der Waals surface area (Å²) in [5.74, 6) is 1.52. The third-order valence-electron chi connectivity index (χ3n) is 4.77. The van der Waals surface area contributed by atoms with E-state index in [0.717, 1.165) is 21.3 Å². The average Bonchev–Trinajstić information content (AvgIpc) is 3.39. The van der Waals surface area contributed by atoms with E-state index < -0.39 is 0 Å². The van der Waals surface area contributed by atoms with Crippen LogP contribution >= 0.6 is 11.3 Å². The van der Waals surface area contributed by atoms with Crippen molar-refractivity contribution in [3.05, 3.63) is 48.2 Å². The molecule has 0 fully saturated rings. The van der Waals surface area contributed by atoms with Gasteiger partial charge in [-0.05, 0) is 36.8 Å². The van der Waals surface area contributed by atoms with Gasteiger partial charge in [-0.2, -0.15) is 0 Å². The summed E-state index contributed by atoms with van der Waals surface area (Å²) in [6.07, 6.45) is 1.86. The molecule has 9 nitrogen and oxygen atoms in total. The van der Waals surface area contributed by atoms with Crippen molar-refractivity contribution in [2.24, 2.45) is 0 Å². The highest BCUT2D eigenvalue weighted by Gasteiger charge is 2.13. The van der Waals surface area contributed by atoms with Crippen LogP contribution in [0.3, 0.4) is 0 Å². The number of hydrogen-bond donors (Lipinski definition) is 3. The largest absolute Gasteiger partial charge is 0.494 e. The van der Waals surface area contributed by atoms with Gasteiger partial charge in [-0.1, -0.05) is 17.4 Å². The lowest BCUT2D eigenvalue weighted by Crippen LogP contribution is -2.15. The van der Waals surface area contributed by atoms with Crippen molar-refractivity contribution in [3.8, 4) is 22.8 Å². The molecule has 33 heavy (non-hydrogen) atoms. The van der Waals surface area contributed by atoms with Gasteiger partial charge >= 0.3 is 0 Å². The van der Waals surface area contributed by atoms with E-state index in [1.165, 1.54) is 11.3 Å². The van der Waals surface area contributed by atoms with E-state index in [-0.39, 0.29) is 12.3 Å². The van der Waals surface area contributed by atoms with Gasteiger partial charge in [0.15, 0.2) is 5.13 Å². The first-order valence-electron chi connectivity index (χ1n) is 10.4. The molecule has 0 atom stereocenters. The highest BCUT2D eigenvalue weighted by molar-refractivity contribution is 7.22. The topological polar surface area (TPSA) is 124 Å². The van der Waals surface area contributed by atoms with Crippen LogP contribution < -0.4 is 20.5 Å². The lowest BCUT2D eigenvalue weighted by atomic mass is 10.1. The number of hydrogen-bond acceptors (Lipinski definition) is 8. The van der Waals surface area contributed by atoms with Crippen molar-refractivity contribution in [1.82, 2.24) is 15.0 Å². The van der Waals surface area contributed by atoms with Crippen LogP contribution in [0.15, 0.2) is 42.6 Å². The van der Waals surface area contributed by atoms with Crippen molar-refractivity contribution in [3.63, 3.8) is 0 Å². The number of aromatic amines is 1. The van der Waals surface area contributed by atoms with Gasteiger partial charge in [0.05, 0.1) is 41.7 Å². The number of rotatable bonds is 10. The molecule has 4 N–H and O–H groups in total. The molecule has 0 radical (unpaired) electrons. The van der Waals surface area contributed by atoms with Crippen molar-refractivity contribution < 1.29 is 19.0 Å². The Balaban J connectivity index is 1.46. The number of thiazole rings is 1. The number of nitrogen functional groups attached to an aromatic ring is 1. The number of aromatic nitrogens is 3. The first-order chi connectivity index (χ1) is 16.1. The van der Waals surface area contributed by atoms with Crippen LogP contribution in [0.2, 0.25) is 0 Å². The number of ether oxygens (including phenoxy) is 3. The van der Waals surface area contributed by atoms with Gasteiger partial charge in [0.2, 0.25) is 11.9 Å². The van der Waals surface area contributed by atoms with Crippen LogP contribution in [0.5, 0.6) is 11.5 Å². The number of H-pyrrole nitrogens is 1. The van der Waals surface area contributed by atoms with E-state index in [0.29, 0.717) is 48.1 Å². The SMILES string of the molecule is CCOc1ccc(-c2cnc(NC(=O)Cc3ccc4nc(N)sc4c3)[nH]2)c(OCCOC)c1. The Kier molecular flexibility index (Phi) is 7.06. The van der Waals surface area contributed by atoms with Gasteiger partial charge in [0.25, 0.3) is 0 Å². The van der Waals surface area contributed by atoms with Crippen molar-refractivity contribution in [2.75, 3.05) is 38.0 Å². The Bertz CT molecular complexity index is 1250. The maximum atomic E-state index is 12.6. The lowest BCUT2D eigenvalue weighted by molar-refractivity contribution is -0.115. The van der Waals surface area contributed by atoms with Gasteiger partial charge in [-0.15, -0.1) is 0 Å². The molecule has 0 bridgehead atoms. The summed E-state index contributed by atoms with van der Waals surface area (Å²) < 4.78 is 17.5. The summed E-state index contributed by atoms with van der Waals surface area (Å²) in [6.45, 7) is 3.34. The monoisotopic (exact) mass is 467 g/mol. The second-order valence-electron chi connectivity index (χ2n) is 7.16. The highest BCUT2D eigenvalue weighted by Crippen LogP contribution is 2.33. The molecule has 10 heteroatoms. The standard InChI is InChI=1S/C23H25N5O4S/c1-3-31-15-5-6-16(19(12-15)32-9-8-30-2)18-13-25-23(27-18)28-21(29)11-14-4-7-17-20(10-14)33-22(24)26-17/h4-7,10,12-13H,3,8-9,11H2,1-2H3,(H2,24,26)(H2,25,27,28,29). The number of fused-ring (bicyclic) bond motifs is 1. The maximum absolute atomic E-state index is 12.6. The Morgan fingerprint density at radius 3 is 2.88 bits per heavy atom. The Hall–Kier alpha value is -3.63. The van der Waals surface area contributed by atoms with Gasteiger partial charge in [0, 0.05) is 18.7 Å². The van der Waals surface area contributed by atoms with E-state index in [1.807, 2.05) is 43.3 Å². The van der Waals surface area contributed by atoms with Crippen LogP contribution in [0, 0.1) is 0 Å². The van der Waals surface area contributed by atoms with Crippen LogP contribution in [0.1, 0.15) is 12.5 Å². The molecule has 2 heterocycles. The number of carbonyl (C=O) groups excluding carboxylic acids is 1. The summed E-state index contributed by atoms with van der Waals surface area (Å²) in [7, 11) is 1.62. The molecule has 2 aromatic carbocycles. The second kappa shape index (κ2) is 10.3. The molecule has 0 spiro atoms. The normalized spacial score (nSPS) is 11.0. The maximum Gasteiger partial charge on any atom is 0.231 e. The minimum absolute atomic E-state index is 0.184. The summed E-state index contributed by atoms with van der Waals surface area (Å²) in [4.78, 5) is 24.2. The van der Waals surface area contributed by atoms with E-state index in [9.17, 15) is 4.79 Å². The Morgan fingerprint density at radius 1 is 1.18 bits per heavy atom. The highest BCUT2D eigenvalue weighted by atomic mass is 32.1. The van der Waals surface area contributed by atoms with Gasteiger partial charge in [0.1, 0.15) is 18.1 Å². The van der Waals surface area contributed by atoms with Gasteiger partial charge in [-0.3, -0.25) is 10.1 Å². The second-order valence-corrected chi connectivity index (χ2v) is 8.22. The predicted octanol–water partition coefficient (Wildman–Crippen LogP) is 3.87. The molecular formula is C23H25N5O4S. The smallest absolute Gasteiger partial charge is 0.231 e. The Morgan fingerprint density at radius 2 is 2.06 bits per heavy atom. The zero-order valence-electron chi connectivity index (χ0n) is 18.4. The summed E-state index contributed by atoms with van der Waals surface area (Å²) in [6, 6.07) is 11.3. The first kappa shape index (κ1) is 22.6. The van der Waals surface area contributed by atoms with Crippen molar-refractivity contribution >= 4 is 38.5 Å². The zero-order chi connectivity index (χ0) is 23.2. The fourth-order valence-corrected chi connectivity index (χ4v) is 4.11. The number of nitrogens with one attached hydrogen (secondary N) is 2. The third kappa shape index (κ3) is 5.60. The fraction of sp³-hybridized carbons (Fsp3) is 0.261. The quantitative estimate of drug-likeness (QED) is 0.302.